The van der Waals surface area contributed by atoms with Gasteiger partial charge in [0.05, 0.1) is 31.1 Å². The molecule has 12 atom stereocenters. The van der Waals surface area contributed by atoms with Crippen molar-refractivity contribution in [3.8, 4) is 0 Å². The highest BCUT2D eigenvalue weighted by molar-refractivity contribution is 5.98. The minimum absolute atomic E-state index is 0.00148. The predicted molar refractivity (Wildman–Crippen MR) is 288 cm³/mol. The SMILES string of the molecule is CCC(C)[C@H](NC(=O)[C@H](CCCN)NC(=O)CNC(=O)[C@@H](NC(=O)[C@@H](NC(=O)[C@H](Cc1cnc[nH]1)NC(=O)[C@@H](Cc1ccccc1)NC(=O)[C@H](C)NC(=O)[C@@H](N)CCCN=C(N)N)[C@@H](C)O)[C@@H](C)O)C(=O)N[C@@H](C(=O)O)C(C)C. The monoisotopic (exact) mass is 1110 g/mol. The van der Waals surface area contributed by atoms with Crippen LogP contribution in [0.3, 0.4) is 0 Å². The first-order chi connectivity index (χ1) is 37.2. The van der Waals surface area contributed by atoms with E-state index in [0.717, 1.165) is 13.8 Å². The number of aromatic nitrogens is 2. The van der Waals surface area contributed by atoms with Crippen molar-refractivity contribution >= 4 is 65.1 Å². The average molecular weight is 1120 g/mol. The van der Waals surface area contributed by atoms with Gasteiger partial charge in [-0.25, -0.2) is 9.78 Å². The lowest BCUT2D eigenvalue weighted by Crippen LogP contribution is -2.63. The molecule has 440 valence electrons. The normalized spacial score (nSPS) is 15.7. The summed E-state index contributed by atoms with van der Waals surface area (Å²) in [6.45, 7) is 9.86. The van der Waals surface area contributed by atoms with Crippen molar-refractivity contribution in [3.63, 3.8) is 0 Å². The van der Waals surface area contributed by atoms with Gasteiger partial charge < -0.3 is 91.1 Å². The topological polar surface area (TPSA) is 485 Å². The molecule has 9 amide bonds. The first-order valence-corrected chi connectivity index (χ1v) is 26.0. The lowest BCUT2D eigenvalue weighted by Gasteiger charge is -2.29. The number of aliphatic hydroxyl groups excluding tert-OH is 2. The molecule has 0 aliphatic rings. The number of hydrogen-bond donors (Lipinski definition) is 17. The average Bonchev–Trinajstić information content (AvgIpc) is 3.91. The quantitative estimate of drug-likeness (QED) is 0.0174. The van der Waals surface area contributed by atoms with E-state index in [1.807, 2.05) is 0 Å². The van der Waals surface area contributed by atoms with Crippen LogP contribution in [0.2, 0.25) is 0 Å². The Hall–Kier alpha value is -7.76. The van der Waals surface area contributed by atoms with Gasteiger partial charge in [0, 0.05) is 31.3 Å². The summed E-state index contributed by atoms with van der Waals surface area (Å²) in [7, 11) is 0. The molecule has 0 fully saturated rings. The zero-order valence-corrected chi connectivity index (χ0v) is 45.7. The van der Waals surface area contributed by atoms with Crippen molar-refractivity contribution in [1.29, 1.82) is 0 Å². The third-order valence-corrected chi connectivity index (χ3v) is 12.5. The minimum atomic E-state index is -1.84. The molecule has 2 aromatic rings. The van der Waals surface area contributed by atoms with Crippen LogP contribution in [0.1, 0.15) is 91.8 Å². The van der Waals surface area contributed by atoms with Crippen LogP contribution in [0.15, 0.2) is 47.8 Å². The second kappa shape index (κ2) is 34.2. The Balaban J connectivity index is 2.27. The second-order valence-corrected chi connectivity index (χ2v) is 19.5. The Labute approximate surface area is 458 Å². The second-order valence-electron chi connectivity index (χ2n) is 19.5. The summed E-state index contributed by atoms with van der Waals surface area (Å²) in [5.74, 6) is -10.4. The molecule has 0 radical (unpaired) electrons. The Kier molecular flexibility index (Phi) is 29.1. The zero-order chi connectivity index (χ0) is 59.5. The summed E-state index contributed by atoms with van der Waals surface area (Å²) >= 11 is 0. The summed E-state index contributed by atoms with van der Waals surface area (Å²) < 4.78 is 0. The number of aliphatic carboxylic acids is 1. The van der Waals surface area contributed by atoms with Gasteiger partial charge in [-0.3, -0.25) is 48.1 Å². The van der Waals surface area contributed by atoms with Crippen LogP contribution < -0.4 is 70.8 Å². The molecule has 79 heavy (non-hydrogen) atoms. The number of hydrogen-bond acceptors (Lipinski definition) is 16. The van der Waals surface area contributed by atoms with E-state index in [9.17, 15) is 63.3 Å². The third-order valence-electron chi connectivity index (χ3n) is 12.5. The Morgan fingerprint density at radius 3 is 1.73 bits per heavy atom. The number of nitrogens with one attached hydrogen (secondary N) is 10. The Bertz CT molecular complexity index is 2350. The number of guanidine groups is 1. The van der Waals surface area contributed by atoms with E-state index in [2.05, 4.69) is 62.8 Å². The van der Waals surface area contributed by atoms with Gasteiger partial charge in [-0.05, 0) is 70.4 Å². The number of rotatable bonds is 35. The van der Waals surface area contributed by atoms with Gasteiger partial charge in [-0.2, -0.15) is 0 Å². The maximum absolute atomic E-state index is 14.2. The van der Waals surface area contributed by atoms with Crippen LogP contribution in [0.25, 0.3) is 0 Å². The molecular formula is C50H82N16O13. The van der Waals surface area contributed by atoms with Crippen LogP contribution in [0.4, 0.5) is 0 Å². The molecule has 1 aromatic heterocycles. The van der Waals surface area contributed by atoms with E-state index in [4.69, 9.17) is 22.9 Å². The van der Waals surface area contributed by atoms with Crippen LogP contribution >= 0.6 is 0 Å². The van der Waals surface area contributed by atoms with Crippen molar-refractivity contribution < 1.29 is 63.3 Å². The number of imidazole rings is 1. The lowest BCUT2D eigenvalue weighted by atomic mass is 9.96. The molecule has 1 unspecified atom stereocenters. The lowest BCUT2D eigenvalue weighted by molar-refractivity contribution is -0.144. The molecule has 1 aromatic carbocycles. The first kappa shape index (κ1) is 67.3. The van der Waals surface area contributed by atoms with E-state index < -0.39 is 144 Å². The van der Waals surface area contributed by atoms with Crippen molar-refractivity contribution in [2.45, 2.75) is 160 Å². The standard InChI is InChI=1S/C50H82N16O13/c1-8-26(4)38(47(76)63-37(25(2)3)49(78)79)64-43(72)33(17-12-18-51)60-36(69)23-57-46(75)39(28(6)67)66-48(77)40(29(7)68)65-45(74)35(21-31-22-55-24-58-31)62-44(73)34(20-30-14-10-9-11-15-30)61-41(70)27(5)59-42(71)32(52)16-13-19-56-50(53)54/h9-11,14-15,22,24-29,32-35,37-40,67-68H,8,12-13,16-21,23,51-52H2,1-7H3,(H,55,58)(H,57,75)(H,59,71)(H,60,69)(H,61,70)(H,62,73)(H,63,76)(H,64,72)(H,65,74)(H,66,77)(H,78,79)(H4,53,54,56)/t26?,27-,28+,29+,32-,33-,34+,35-,37+,38-,39-,40-/m0/s1. The molecule has 29 heteroatoms. The number of nitrogens with zero attached hydrogens (tertiary/aromatic N) is 2. The fourth-order valence-electron chi connectivity index (χ4n) is 7.62. The number of H-pyrrole nitrogens is 1. The largest absolute Gasteiger partial charge is 0.480 e. The van der Waals surface area contributed by atoms with Crippen LogP contribution in [0, 0.1) is 11.8 Å². The number of aliphatic imine (C=N–C) groups is 1. The van der Waals surface area contributed by atoms with Crippen molar-refractivity contribution in [3.05, 3.63) is 54.1 Å². The van der Waals surface area contributed by atoms with E-state index in [0.29, 0.717) is 24.1 Å². The first-order valence-electron chi connectivity index (χ1n) is 26.0. The van der Waals surface area contributed by atoms with Gasteiger partial charge in [0.1, 0.15) is 48.3 Å². The van der Waals surface area contributed by atoms with Gasteiger partial charge in [0.25, 0.3) is 0 Å². The van der Waals surface area contributed by atoms with Gasteiger partial charge in [0.15, 0.2) is 5.96 Å². The molecule has 0 saturated carbocycles. The summed E-state index contributed by atoms with van der Waals surface area (Å²) in [5.41, 5.74) is 23.3. The summed E-state index contributed by atoms with van der Waals surface area (Å²) in [6.07, 6.45) is 0.227. The van der Waals surface area contributed by atoms with Crippen LogP contribution in [-0.4, -0.2) is 177 Å². The molecule has 0 spiro atoms. The van der Waals surface area contributed by atoms with E-state index in [1.54, 1.807) is 58.0 Å². The molecule has 1 heterocycles. The number of nitrogens with two attached hydrogens (primary N) is 4. The number of benzene rings is 1. The van der Waals surface area contributed by atoms with Gasteiger partial charge in [-0.15, -0.1) is 0 Å². The third kappa shape index (κ3) is 23.8. The Morgan fingerprint density at radius 2 is 1.18 bits per heavy atom. The van der Waals surface area contributed by atoms with E-state index in [1.165, 1.54) is 19.4 Å². The smallest absolute Gasteiger partial charge is 0.326 e. The number of carbonyl (C=O) groups excluding carboxylic acids is 9. The van der Waals surface area contributed by atoms with Gasteiger partial charge in [-0.1, -0.05) is 64.4 Å². The molecule has 0 aliphatic heterocycles. The minimum Gasteiger partial charge on any atom is -0.480 e. The number of carboxylic acids is 1. The summed E-state index contributed by atoms with van der Waals surface area (Å²) in [4.78, 5) is 145. The van der Waals surface area contributed by atoms with Crippen molar-refractivity contribution in [1.82, 2.24) is 57.8 Å². The maximum atomic E-state index is 14.2. The van der Waals surface area contributed by atoms with Crippen molar-refractivity contribution in [2.24, 2.45) is 39.8 Å². The molecular weight excluding hydrogens is 1030 g/mol. The fourth-order valence-corrected chi connectivity index (χ4v) is 7.62. The fraction of sp³-hybridized carbons (Fsp3) is 0.600. The zero-order valence-electron chi connectivity index (χ0n) is 45.7. The van der Waals surface area contributed by atoms with Gasteiger partial charge in [0.2, 0.25) is 53.2 Å². The molecule has 0 saturated heterocycles. The van der Waals surface area contributed by atoms with E-state index >= 15 is 0 Å². The highest BCUT2D eigenvalue weighted by Gasteiger charge is 2.37. The number of aliphatic hydroxyl groups is 2. The number of amides is 9. The highest BCUT2D eigenvalue weighted by Crippen LogP contribution is 2.13. The van der Waals surface area contributed by atoms with Crippen LogP contribution in [0.5, 0.6) is 0 Å². The summed E-state index contributed by atoms with van der Waals surface area (Å²) in [6, 6.07) is -3.90. The number of aromatic amines is 1. The molecule has 0 bridgehead atoms. The molecule has 2 rings (SSSR count). The molecule has 21 N–H and O–H groups in total. The van der Waals surface area contributed by atoms with E-state index in [-0.39, 0.29) is 51.2 Å². The molecule has 0 aliphatic carbocycles. The van der Waals surface area contributed by atoms with Crippen molar-refractivity contribution in [2.75, 3.05) is 19.6 Å². The predicted octanol–water partition coefficient (Wildman–Crippen LogP) is -5.12. The summed E-state index contributed by atoms with van der Waals surface area (Å²) in [5, 5.41) is 53.3. The molecule has 29 nitrogen and oxygen atoms in total. The van der Waals surface area contributed by atoms with Gasteiger partial charge >= 0.3 is 5.97 Å². The maximum Gasteiger partial charge on any atom is 0.326 e. The highest BCUT2D eigenvalue weighted by atomic mass is 16.4. The number of carboxylic acid groups (broad SMARTS) is 1. The van der Waals surface area contributed by atoms with Crippen LogP contribution in [-0.2, 0) is 60.8 Å². The number of carbonyl (C=O) groups is 10. The Morgan fingerprint density at radius 1 is 0.633 bits per heavy atom.